The summed E-state index contributed by atoms with van der Waals surface area (Å²) in [6, 6.07) is 6.06. The first-order valence-electron chi connectivity index (χ1n) is 7.95. The van der Waals surface area contributed by atoms with Crippen LogP contribution in [0.15, 0.2) is 47.7 Å². The highest BCUT2D eigenvalue weighted by atomic mass is 32.1. The van der Waals surface area contributed by atoms with Gasteiger partial charge in [-0.25, -0.2) is 0 Å². The Bertz CT molecular complexity index is 769. The van der Waals surface area contributed by atoms with Gasteiger partial charge in [-0.1, -0.05) is 12.1 Å². The molecular weight excluding hydrogens is 320 g/mol. The predicted octanol–water partition coefficient (Wildman–Crippen LogP) is 3.75. The molecule has 3 heterocycles. The quantitative estimate of drug-likeness (QED) is 0.863. The number of hydrogen-bond donors (Lipinski definition) is 1. The van der Waals surface area contributed by atoms with Crippen molar-refractivity contribution in [2.45, 2.75) is 32.2 Å². The van der Waals surface area contributed by atoms with Crippen molar-refractivity contribution >= 4 is 17.3 Å². The van der Waals surface area contributed by atoms with Gasteiger partial charge < -0.3 is 10.1 Å². The first-order chi connectivity index (χ1) is 11.5. The fraction of sp³-hybridized carbons (Fsp3) is 0.368. The summed E-state index contributed by atoms with van der Waals surface area (Å²) in [6.07, 6.45) is 5.69. The molecule has 1 aliphatic heterocycles. The van der Waals surface area contributed by atoms with Crippen molar-refractivity contribution in [3.05, 3.63) is 63.7 Å². The predicted molar refractivity (Wildman–Crippen MR) is 95.8 cm³/mol. The number of carbonyl (C=O) groups excluding carboxylic acids is 1. The summed E-state index contributed by atoms with van der Waals surface area (Å²) in [6.45, 7) is 6.16. The van der Waals surface area contributed by atoms with Gasteiger partial charge in [0.25, 0.3) is 0 Å². The van der Waals surface area contributed by atoms with Crippen molar-refractivity contribution in [2.75, 3.05) is 7.11 Å². The molecule has 2 aromatic rings. The molecule has 0 aromatic carbocycles. The average molecular weight is 342 g/mol. The maximum absolute atomic E-state index is 12.7. The lowest BCUT2D eigenvalue weighted by Crippen LogP contribution is -2.53. The normalized spacial score (nSPS) is 26.4. The number of esters is 1. The van der Waals surface area contributed by atoms with Gasteiger partial charge in [-0.3, -0.25) is 9.78 Å². The fourth-order valence-corrected chi connectivity index (χ4v) is 4.56. The van der Waals surface area contributed by atoms with Crippen LogP contribution in [0.4, 0.5) is 0 Å². The molecule has 0 amide bonds. The number of pyridine rings is 1. The minimum atomic E-state index is -0.581. The maximum Gasteiger partial charge on any atom is 0.312 e. The second-order valence-corrected chi connectivity index (χ2v) is 7.41. The van der Waals surface area contributed by atoms with Gasteiger partial charge in [0.15, 0.2) is 0 Å². The molecule has 3 unspecified atom stereocenters. The number of rotatable bonds is 3. The van der Waals surface area contributed by atoms with E-state index in [0.717, 1.165) is 11.3 Å². The molecule has 0 aliphatic carbocycles. The number of aromatic nitrogens is 1. The highest BCUT2D eigenvalue weighted by Gasteiger charge is 2.48. The second kappa shape index (κ2) is 6.40. The number of aryl methyl sites for hydroxylation is 1. The van der Waals surface area contributed by atoms with E-state index in [0.29, 0.717) is 0 Å². The van der Waals surface area contributed by atoms with Gasteiger partial charge >= 0.3 is 5.97 Å². The molecule has 3 atom stereocenters. The Morgan fingerprint density at radius 1 is 1.42 bits per heavy atom. The van der Waals surface area contributed by atoms with Crippen LogP contribution >= 0.6 is 11.3 Å². The highest BCUT2D eigenvalue weighted by molar-refractivity contribution is 7.10. The Balaban J connectivity index is 2.15. The first kappa shape index (κ1) is 16.7. The lowest BCUT2D eigenvalue weighted by molar-refractivity contribution is -0.149. The topological polar surface area (TPSA) is 51.2 Å². The summed E-state index contributed by atoms with van der Waals surface area (Å²) < 4.78 is 5.18. The number of hydrogen-bond acceptors (Lipinski definition) is 5. The number of nitrogens with zero attached hydrogens (tertiary/aromatic N) is 1. The van der Waals surface area contributed by atoms with Gasteiger partial charge in [-0.15, -0.1) is 11.3 Å². The molecule has 24 heavy (non-hydrogen) atoms. The van der Waals surface area contributed by atoms with Gasteiger partial charge in [0, 0.05) is 28.9 Å². The lowest BCUT2D eigenvalue weighted by Gasteiger charge is -2.44. The Labute approximate surface area is 146 Å². The van der Waals surface area contributed by atoms with Crippen LogP contribution in [0.5, 0.6) is 0 Å². The zero-order valence-electron chi connectivity index (χ0n) is 14.4. The van der Waals surface area contributed by atoms with E-state index < -0.39 is 5.54 Å². The van der Waals surface area contributed by atoms with E-state index in [2.05, 4.69) is 41.7 Å². The highest BCUT2D eigenvalue weighted by Crippen LogP contribution is 2.45. The molecular formula is C19H22N2O2S. The standard InChI is InChI=1S/C19H22N2O2S/c1-12-8-16(24-11-12)15-9-13(2)21-19(3,17(15)18(22)23-4)14-6-5-7-20-10-14/h5-11,15,17,21H,1-4H3. The summed E-state index contributed by atoms with van der Waals surface area (Å²) >= 11 is 1.69. The van der Waals surface area contributed by atoms with Crippen molar-refractivity contribution in [2.24, 2.45) is 5.92 Å². The fourth-order valence-electron chi connectivity index (χ4n) is 3.56. The molecule has 4 nitrogen and oxygen atoms in total. The van der Waals surface area contributed by atoms with Crippen molar-refractivity contribution in [3.63, 3.8) is 0 Å². The molecule has 0 fully saturated rings. The third kappa shape index (κ3) is 2.84. The van der Waals surface area contributed by atoms with E-state index in [4.69, 9.17) is 4.74 Å². The van der Waals surface area contributed by atoms with Crippen LogP contribution in [-0.2, 0) is 15.1 Å². The van der Waals surface area contributed by atoms with Crippen molar-refractivity contribution in [3.8, 4) is 0 Å². The maximum atomic E-state index is 12.7. The smallest absolute Gasteiger partial charge is 0.312 e. The van der Waals surface area contributed by atoms with Gasteiger partial charge in [-0.05, 0) is 49.4 Å². The van der Waals surface area contributed by atoms with Crippen LogP contribution in [0.2, 0.25) is 0 Å². The lowest BCUT2D eigenvalue weighted by atomic mass is 9.70. The number of thiophene rings is 1. The average Bonchev–Trinajstić information content (AvgIpc) is 3.01. The summed E-state index contributed by atoms with van der Waals surface area (Å²) in [5, 5.41) is 5.63. The number of allylic oxidation sites excluding steroid dienone is 2. The van der Waals surface area contributed by atoms with Crippen LogP contribution in [0.25, 0.3) is 0 Å². The molecule has 1 aliphatic rings. The van der Waals surface area contributed by atoms with E-state index in [1.807, 2.05) is 25.3 Å². The Morgan fingerprint density at radius 2 is 2.21 bits per heavy atom. The third-order valence-corrected chi connectivity index (χ3v) is 5.82. The van der Waals surface area contributed by atoms with Crippen LogP contribution in [-0.4, -0.2) is 18.1 Å². The largest absolute Gasteiger partial charge is 0.469 e. The van der Waals surface area contributed by atoms with E-state index in [1.54, 1.807) is 17.5 Å². The molecule has 0 saturated heterocycles. The van der Waals surface area contributed by atoms with E-state index in [1.165, 1.54) is 17.6 Å². The molecule has 126 valence electrons. The monoisotopic (exact) mass is 342 g/mol. The van der Waals surface area contributed by atoms with Crippen molar-refractivity contribution in [1.29, 1.82) is 0 Å². The molecule has 3 rings (SSSR count). The molecule has 5 heteroatoms. The summed E-state index contributed by atoms with van der Waals surface area (Å²) in [5.74, 6) is -0.607. The second-order valence-electron chi connectivity index (χ2n) is 6.47. The van der Waals surface area contributed by atoms with E-state index >= 15 is 0 Å². The van der Waals surface area contributed by atoms with Gasteiger partial charge in [-0.2, -0.15) is 0 Å². The van der Waals surface area contributed by atoms with Gasteiger partial charge in [0.1, 0.15) is 0 Å². The molecule has 0 spiro atoms. The Morgan fingerprint density at radius 3 is 2.79 bits per heavy atom. The summed E-state index contributed by atoms with van der Waals surface area (Å²) in [4.78, 5) is 18.2. The van der Waals surface area contributed by atoms with Crippen LogP contribution in [0, 0.1) is 12.8 Å². The van der Waals surface area contributed by atoms with Gasteiger partial charge in [0.2, 0.25) is 0 Å². The first-order valence-corrected chi connectivity index (χ1v) is 8.83. The van der Waals surface area contributed by atoms with Gasteiger partial charge in [0.05, 0.1) is 18.6 Å². The number of nitrogens with one attached hydrogen (secondary N) is 1. The van der Waals surface area contributed by atoms with Crippen LogP contribution in [0.1, 0.15) is 35.8 Å². The third-order valence-electron chi connectivity index (χ3n) is 4.66. The number of carbonyl (C=O) groups is 1. The zero-order valence-corrected chi connectivity index (χ0v) is 15.2. The van der Waals surface area contributed by atoms with E-state index in [9.17, 15) is 4.79 Å². The summed E-state index contributed by atoms with van der Waals surface area (Å²) in [7, 11) is 1.45. The SMILES string of the molecule is COC(=O)C1C(c2cc(C)cs2)C=C(C)NC1(C)c1cccnc1. The Kier molecular flexibility index (Phi) is 4.45. The Hall–Kier alpha value is -2.14. The van der Waals surface area contributed by atoms with Crippen molar-refractivity contribution < 1.29 is 9.53 Å². The number of methoxy groups -OCH3 is 1. The summed E-state index contributed by atoms with van der Waals surface area (Å²) in [5.41, 5.74) is 2.66. The molecule has 0 radical (unpaired) electrons. The minimum Gasteiger partial charge on any atom is -0.469 e. The molecule has 0 bridgehead atoms. The molecule has 2 aromatic heterocycles. The zero-order chi connectivity index (χ0) is 17.3. The van der Waals surface area contributed by atoms with E-state index in [-0.39, 0.29) is 17.8 Å². The number of ether oxygens (including phenoxy) is 1. The molecule has 0 saturated carbocycles. The minimum absolute atomic E-state index is 0.0254. The molecule has 1 N–H and O–H groups in total. The van der Waals surface area contributed by atoms with Crippen LogP contribution < -0.4 is 5.32 Å². The van der Waals surface area contributed by atoms with Crippen molar-refractivity contribution in [1.82, 2.24) is 10.3 Å². The van der Waals surface area contributed by atoms with Crippen LogP contribution in [0.3, 0.4) is 0 Å².